The van der Waals surface area contributed by atoms with Crippen LogP contribution >= 0.6 is 23.1 Å². The zero-order chi connectivity index (χ0) is 17.2. The number of rotatable bonds is 5. The highest BCUT2D eigenvalue weighted by Crippen LogP contribution is 2.27. The van der Waals surface area contributed by atoms with Gasteiger partial charge < -0.3 is 4.42 Å². The van der Waals surface area contributed by atoms with Crippen molar-refractivity contribution in [1.82, 2.24) is 25.0 Å². The Balaban J connectivity index is 1.52. The summed E-state index contributed by atoms with van der Waals surface area (Å²) in [6.07, 6.45) is 1.73. The Morgan fingerprint density at radius 3 is 2.88 bits per heavy atom. The fraction of sp³-hybridized carbons (Fsp3) is 0.176. The molecule has 0 N–H and O–H groups in total. The summed E-state index contributed by atoms with van der Waals surface area (Å²) >= 11 is 3.10. The van der Waals surface area contributed by atoms with Crippen LogP contribution in [0.3, 0.4) is 0 Å². The zero-order valence-corrected chi connectivity index (χ0v) is 15.3. The number of hydrogen-bond donors (Lipinski definition) is 0. The average molecular weight is 369 g/mol. The summed E-state index contributed by atoms with van der Waals surface area (Å²) in [5.41, 5.74) is 3.48. The smallest absolute Gasteiger partial charge is 0.257 e. The van der Waals surface area contributed by atoms with Crippen molar-refractivity contribution < 1.29 is 4.42 Å². The molecule has 0 amide bonds. The lowest BCUT2D eigenvalue weighted by Gasteiger charge is -2.09. The third-order valence-corrected chi connectivity index (χ3v) is 5.44. The topological polar surface area (TPSA) is 69.6 Å². The summed E-state index contributed by atoms with van der Waals surface area (Å²) < 4.78 is 7.70. The van der Waals surface area contributed by atoms with Crippen LogP contribution in [0.2, 0.25) is 0 Å². The minimum absolute atomic E-state index is 0.544. The molecule has 0 saturated carbocycles. The van der Waals surface area contributed by atoms with Gasteiger partial charge in [-0.15, -0.1) is 31.7 Å². The van der Waals surface area contributed by atoms with Crippen LogP contribution in [0.25, 0.3) is 16.5 Å². The van der Waals surface area contributed by atoms with E-state index in [0.29, 0.717) is 17.5 Å². The number of aryl methyl sites for hydroxylation is 2. The van der Waals surface area contributed by atoms with E-state index in [-0.39, 0.29) is 0 Å². The van der Waals surface area contributed by atoms with Crippen molar-refractivity contribution in [3.8, 4) is 16.5 Å². The molecule has 0 spiro atoms. The second-order valence-corrected chi connectivity index (χ2v) is 7.43. The van der Waals surface area contributed by atoms with E-state index in [1.807, 2.05) is 22.1 Å². The second kappa shape index (κ2) is 6.81. The molecular formula is C17H15N5OS2. The predicted molar refractivity (Wildman–Crippen MR) is 98.0 cm³/mol. The Kier molecular flexibility index (Phi) is 4.37. The molecule has 0 aliphatic carbocycles. The van der Waals surface area contributed by atoms with Crippen molar-refractivity contribution >= 4 is 23.1 Å². The third-order valence-electron chi connectivity index (χ3n) is 3.65. The van der Waals surface area contributed by atoms with Crippen LogP contribution in [-0.4, -0.2) is 25.0 Å². The van der Waals surface area contributed by atoms with E-state index in [1.165, 1.54) is 22.9 Å². The van der Waals surface area contributed by atoms with Crippen molar-refractivity contribution in [3.63, 3.8) is 0 Å². The first-order chi connectivity index (χ1) is 12.2. The Bertz CT molecular complexity index is 990. The van der Waals surface area contributed by atoms with Crippen LogP contribution in [-0.2, 0) is 5.75 Å². The SMILES string of the molecule is Cc1ccc(-n2cnnc2SCc2nnc(-c3cccs3)o2)c(C)c1. The number of benzene rings is 1. The highest BCUT2D eigenvalue weighted by Gasteiger charge is 2.13. The van der Waals surface area contributed by atoms with E-state index >= 15 is 0 Å². The van der Waals surface area contributed by atoms with Crippen molar-refractivity contribution in [3.05, 3.63) is 59.1 Å². The van der Waals surface area contributed by atoms with Gasteiger partial charge in [-0.2, -0.15) is 0 Å². The maximum absolute atomic E-state index is 5.72. The average Bonchev–Trinajstić information content (AvgIpc) is 3.34. The van der Waals surface area contributed by atoms with Gasteiger partial charge in [0.25, 0.3) is 5.89 Å². The molecule has 8 heteroatoms. The summed E-state index contributed by atoms with van der Waals surface area (Å²) in [5.74, 6) is 1.67. The van der Waals surface area contributed by atoms with Crippen LogP contribution in [0.1, 0.15) is 17.0 Å². The van der Waals surface area contributed by atoms with Crippen molar-refractivity contribution in [2.75, 3.05) is 0 Å². The van der Waals surface area contributed by atoms with Crippen molar-refractivity contribution in [1.29, 1.82) is 0 Å². The van der Waals surface area contributed by atoms with E-state index in [2.05, 4.69) is 52.4 Å². The molecule has 4 rings (SSSR count). The molecule has 0 saturated heterocycles. The highest BCUT2D eigenvalue weighted by molar-refractivity contribution is 7.98. The van der Waals surface area contributed by atoms with Gasteiger partial charge in [-0.3, -0.25) is 4.57 Å². The highest BCUT2D eigenvalue weighted by atomic mass is 32.2. The Morgan fingerprint density at radius 2 is 2.08 bits per heavy atom. The lowest BCUT2D eigenvalue weighted by molar-refractivity contribution is 0.529. The summed E-state index contributed by atoms with van der Waals surface area (Å²) in [6.45, 7) is 4.17. The molecule has 126 valence electrons. The first kappa shape index (κ1) is 16.0. The Labute approximate surface area is 152 Å². The van der Waals surface area contributed by atoms with Gasteiger partial charge in [0.1, 0.15) is 6.33 Å². The number of nitrogens with zero attached hydrogens (tertiary/aromatic N) is 5. The molecule has 0 atom stereocenters. The Hall–Kier alpha value is -2.45. The molecule has 1 aromatic carbocycles. The quantitative estimate of drug-likeness (QED) is 0.489. The van der Waals surface area contributed by atoms with Crippen LogP contribution in [0.4, 0.5) is 0 Å². The van der Waals surface area contributed by atoms with Gasteiger partial charge in [-0.1, -0.05) is 35.5 Å². The van der Waals surface area contributed by atoms with Crippen LogP contribution in [0.5, 0.6) is 0 Å². The molecular weight excluding hydrogens is 354 g/mol. The second-order valence-electron chi connectivity index (χ2n) is 5.54. The van der Waals surface area contributed by atoms with Gasteiger partial charge >= 0.3 is 0 Å². The number of thiophene rings is 1. The summed E-state index contributed by atoms with van der Waals surface area (Å²) in [5, 5.41) is 19.3. The first-order valence-electron chi connectivity index (χ1n) is 7.67. The van der Waals surface area contributed by atoms with Gasteiger partial charge in [0.05, 0.1) is 16.3 Å². The molecule has 0 unspecified atom stereocenters. The largest absolute Gasteiger partial charge is 0.419 e. The fourth-order valence-corrected chi connectivity index (χ4v) is 3.90. The normalized spacial score (nSPS) is 11.1. The van der Waals surface area contributed by atoms with Gasteiger partial charge in [-0.05, 0) is 36.9 Å². The van der Waals surface area contributed by atoms with Crippen molar-refractivity contribution in [2.45, 2.75) is 24.8 Å². The molecule has 0 radical (unpaired) electrons. The third kappa shape index (κ3) is 3.35. The van der Waals surface area contributed by atoms with E-state index in [1.54, 1.807) is 17.7 Å². The van der Waals surface area contributed by atoms with Crippen LogP contribution in [0, 0.1) is 13.8 Å². The maximum Gasteiger partial charge on any atom is 0.257 e. The zero-order valence-electron chi connectivity index (χ0n) is 13.7. The number of thioether (sulfide) groups is 1. The molecule has 25 heavy (non-hydrogen) atoms. The van der Waals surface area contributed by atoms with E-state index < -0.39 is 0 Å². The lowest BCUT2D eigenvalue weighted by atomic mass is 10.1. The molecule has 0 bridgehead atoms. The Morgan fingerprint density at radius 1 is 1.16 bits per heavy atom. The van der Waals surface area contributed by atoms with Crippen LogP contribution in [0.15, 0.2) is 51.6 Å². The molecule has 3 heterocycles. The summed E-state index contributed by atoms with van der Waals surface area (Å²) in [4.78, 5) is 0.974. The number of hydrogen-bond acceptors (Lipinski definition) is 7. The molecule has 3 aromatic heterocycles. The fourth-order valence-electron chi connectivity index (χ4n) is 2.50. The summed E-state index contributed by atoms with van der Waals surface area (Å²) in [6, 6.07) is 10.2. The van der Waals surface area contributed by atoms with Gasteiger partial charge in [0, 0.05) is 0 Å². The maximum atomic E-state index is 5.72. The lowest BCUT2D eigenvalue weighted by Crippen LogP contribution is -1.98. The molecule has 4 aromatic rings. The molecule has 0 aliphatic heterocycles. The van der Waals surface area contributed by atoms with Crippen LogP contribution < -0.4 is 0 Å². The standard InChI is InChI=1S/C17H15N5OS2/c1-11-5-6-13(12(2)8-11)22-10-18-21-17(22)25-9-15-19-20-16(23-15)14-4-3-7-24-14/h3-8,10H,9H2,1-2H3. The van der Waals surface area contributed by atoms with E-state index in [4.69, 9.17) is 4.42 Å². The monoisotopic (exact) mass is 369 g/mol. The molecule has 0 fully saturated rings. The minimum atomic E-state index is 0.544. The van der Waals surface area contributed by atoms with Gasteiger partial charge in [0.15, 0.2) is 5.16 Å². The molecule has 6 nitrogen and oxygen atoms in total. The molecule has 0 aliphatic rings. The van der Waals surface area contributed by atoms with E-state index in [0.717, 1.165) is 15.7 Å². The van der Waals surface area contributed by atoms with Gasteiger partial charge in [-0.25, -0.2) is 0 Å². The summed E-state index contributed by atoms with van der Waals surface area (Å²) in [7, 11) is 0. The minimum Gasteiger partial charge on any atom is -0.419 e. The first-order valence-corrected chi connectivity index (χ1v) is 9.54. The van der Waals surface area contributed by atoms with Gasteiger partial charge in [0.2, 0.25) is 5.89 Å². The number of aromatic nitrogens is 5. The van der Waals surface area contributed by atoms with Crippen molar-refractivity contribution in [2.24, 2.45) is 0 Å². The van der Waals surface area contributed by atoms with E-state index in [9.17, 15) is 0 Å². The predicted octanol–water partition coefficient (Wildman–Crippen LogP) is 4.29.